The lowest BCUT2D eigenvalue weighted by Gasteiger charge is -2.24. The molecule has 0 aliphatic carbocycles. The zero-order chi connectivity index (χ0) is 12.6. The summed E-state index contributed by atoms with van der Waals surface area (Å²) >= 11 is 6.28. The first-order valence-electron chi connectivity index (χ1n) is 6.19. The Morgan fingerprint density at radius 3 is 2.94 bits per heavy atom. The van der Waals surface area contributed by atoms with Crippen molar-refractivity contribution >= 4 is 11.6 Å². The van der Waals surface area contributed by atoms with Gasteiger partial charge in [0.1, 0.15) is 0 Å². The SMILES string of the molecule is CC1(c2cncn2-c2ccccc2Cl)CCNC1. The lowest BCUT2D eigenvalue weighted by atomic mass is 9.86. The largest absolute Gasteiger partial charge is 0.316 e. The Labute approximate surface area is 112 Å². The molecule has 18 heavy (non-hydrogen) atoms. The van der Waals surface area contributed by atoms with Gasteiger partial charge >= 0.3 is 0 Å². The van der Waals surface area contributed by atoms with Crippen molar-refractivity contribution in [1.29, 1.82) is 0 Å². The fraction of sp³-hybridized carbons (Fsp3) is 0.357. The first-order valence-corrected chi connectivity index (χ1v) is 6.57. The predicted molar refractivity (Wildman–Crippen MR) is 73.4 cm³/mol. The van der Waals surface area contributed by atoms with E-state index < -0.39 is 0 Å². The molecule has 0 bridgehead atoms. The Kier molecular flexibility index (Phi) is 2.88. The van der Waals surface area contributed by atoms with Gasteiger partial charge in [-0.05, 0) is 25.1 Å². The van der Waals surface area contributed by atoms with Crippen molar-refractivity contribution in [2.24, 2.45) is 0 Å². The number of nitrogens with one attached hydrogen (secondary N) is 1. The number of benzene rings is 1. The van der Waals surface area contributed by atoms with Gasteiger partial charge in [-0.1, -0.05) is 30.7 Å². The molecule has 3 rings (SSSR count). The van der Waals surface area contributed by atoms with E-state index in [0.717, 1.165) is 30.2 Å². The summed E-state index contributed by atoms with van der Waals surface area (Å²) in [5.74, 6) is 0. The molecule has 1 aliphatic rings. The Morgan fingerprint density at radius 2 is 2.22 bits per heavy atom. The van der Waals surface area contributed by atoms with Crippen LogP contribution in [0.25, 0.3) is 5.69 Å². The maximum atomic E-state index is 6.28. The van der Waals surface area contributed by atoms with Gasteiger partial charge in [0.05, 0.1) is 17.0 Å². The van der Waals surface area contributed by atoms with E-state index in [1.165, 1.54) is 5.69 Å². The molecule has 1 aromatic carbocycles. The van der Waals surface area contributed by atoms with Gasteiger partial charge in [0.2, 0.25) is 0 Å². The molecule has 1 unspecified atom stereocenters. The Morgan fingerprint density at radius 1 is 1.39 bits per heavy atom. The molecule has 0 saturated carbocycles. The topological polar surface area (TPSA) is 29.9 Å². The highest BCUT2D eigenvalue weighted by molar-refractivity contribution is 6.32. The van der Waals surface area contributed by atoms with Gasteiger partial charge in [0, 0.05) is 23.9 Å². The first-order chi connectivity index (χ1) is 8.71. The number of para-hydroxylation sites is 1. The van der Waals surface area contributed by atoms with Gasteiger partial charge in [0.25, 0.3) is 0 Å². The molecule has 0 radical (unpaired) electrons. The molecule has 1 atom stereocenters. The second-order valence-corrected chi connectivity index (χ2v) is 5.49. The summed E-state index contributed by atoms with van der Waals surface area (Å²) < 4.78 is 2.11. The van der Waals surface area contributed by atoms with Crippen LogP contribution in [0.5, 0.6) is 0 Å². The third-order valence-electron chi connectivity index (χ3n) is 3.74. The van der Waals surface area contributed by atoms with Crippen LogP contribution in [0.1, 0.15) is 19.0 Å². The van der Waals surface area contributed by atoms with Gasteiger partial charge < -0.3 is 9.88 Å². The lowest BCUT2D eigenvalue weighted by molar-refractivity contribution is 0.499. The molecule has 94 valence electrons. The van der Waals surface area contributed by atoms with E-state index in [1.807, 2.05) is 36.8 Å². The van der Waals surface area contributed by atoms with Crippen molar-refractivity contribution < 1.29 is 0 Å². The minimum Gasteiger partial charge on any atom is -0.316 e. The van der Waals surface area contributed by atoms with Crippen LogP contribution >= 0.6 is 11.6 Å². The van der Waals surface area contributed by atoms with E-state index >= 15 is 0 Å². The van der Waals surface area contributed by atoms with Crippen molar-refractivity contribution in [2.45, 2.75) is 18.8 Å². The minimum absolute atomic E-state index is 0.135. The average molecular weight is 262 g/mol. The number of hydrogen-bond acceptors (Lipinski definition) is 2. The molecule has 2 heterocycles. The first kappa shape index (κ1) is 11.8. The van der Waals surface area contributed by atoms with Gasteiger partial charge in [-0.15, -0.1) is 0 Å². The Hall–Kier alpha value is -1.32. The van der Waals surface area contributed by atoms with Crippen LogP contribution in [-0.2, 0) is 5.41 Å². The zero-order valence-corrected chi connectivity index (χ0v) is 11.1. The van der Waals surface area contributed by atoms with Crippen LogP contribution in [0.2, 0.25) is 5.02 Å². The molecular weight excluding hydrogens is 246 g/mol. The number of halogens is 1. The number of aromatic nitrogens is 2. The number of nitrogens with zero attached hydrogens (tertiary/aromatic N) is 2. The van der Waals surface area contributed by atoms with Crippen LogP contribution in [0.4, 0.5) is 0 Å². The molecule has 1 saturated heterocycles. The summed E-state index contributed by atoms with van der Waals surface area (Å²) in [5.41, 5.74) is 2.36. The third-order valence-corrected chi connectivity index (χ3v) is 4.06. The van der Waals surface area contributed by atoms with Crippen molar-refractivity contribution in [3.8, 4) is 5.69 Å². The van der Waals surface area contributed by atoms with Crippen LogP contribution in [0.15, 0.2) is 36.8 Å². The fourth-order valence-electron chi connectivity index (χ4n) is 2.62. The zero-order valence-electron chi connectivity index (χ0n) is 10.4. The second-order valence-electron chi connectivity index (χ2n) is 5.09. The van der Waals surface area contributed by atoms with Crippen LogP contribution in [0, 0.1) is 0 Å². The Bertz CT molecular complexity index is 556. The van der Waals surface area contributed by atoms with E-state index in [0.29, 0.717) is 0 Å². The van der Waals surface area contributed by atoms with Crippen LogP contribution < -0.4 is 5.32 Å². The van der Waals surface area contributed by atoms with Crippen molar-refractivity contribution in [2.75, 3.05) is 13.1 Å². The summed E-state index contributed by atoms with van der Waals surface area (Å²) in [4.78, 5) is 4.31. The highest BCUT2D eigenvalue weighted by Gasteiger charge is 2.33. The van der Waals surface area contributed by atoms with Crippen molar-refractivity contribution in [3.05, 3.63) is 47.5 Å². The molecule has 0 spiro atoms. The predicted octanol–water partition coefficient (Wildman–Crippen LogP) is 2.78. The average Bonchev–Trinajstić information content (AvgIpc) is 2.99. The molecule has 1 aromatic heterocycles. The second kappa shape index (κ2) is 4.41. The normalized spacial score (nSPS) is 23.4. The minimum atomic E-state index is 0.135. The van der Waals surface area contributed by atoms with E-state index in [1.54, 1.807) is 0 Å². The van der Waals surface area contributed by atoms with Crippen molar-refractivity contribution in [3.63, 3.8) is 0 Å². The molecule has 4 heteroatoms. The summed E-state index contributed by atoms with van der Waals surface area (Å²) in [5, 5.41) is 4.18. The molecule has 3 nitrogen and oxygen atoms in total. The highest BCUT2D eigenvalue weighted by Crippen LogP contribution is 2.32. The maximum Gasteiger partial charge on any atom is 0.0994 e. The van der Waals surface area contributed by atoms with Gasteiger partial charge in [-0.2, -0.15) is 0 Å². The van der Waals surface area contributed by atoms with Crippen molar-refractivity contribution in [1.82, 2.24) is 14.9 Å². The van der Waals surface area contributed by atoms with E-state index in [4.69, 9.17) is 11.6 Å². The molecule has 1 fully saturated rings. The number of imidazole rings is 1. The summed E-state index contributed by atoms with van der Waals surface area (Å²) in [6.45, 7) is 4.32. The van der Waals surface area contributed by atoms with Gasteiger partial charge in [0.15, 0.2) is 0 Å². The molecule has 1 aliphatic heterocycles. The fourth-order valence-corrected chi connectivity index (χ4v) is 2.84. The van der Waals surface area contributed by atoms with Crippen LogP contribution in [0.3, 0.4) is 0 Å². The number of rotatable bonds is 2. The smallest absolute Gasteiger partial charge is 0.0994 e. The standard InChI is InChI=1S/C14H16ClN3/c1-14(6-7-16-9-14)13-8-17-10-18(13)12-5-3-2-4-11(12)15/h2-5,8,10,16H,6-7,9H2,1H3. The lowest BCUT2D eigenvalue weighted by Crippen LogP contribution is -2.27. The highest BCUT2D eigenvalue weighted by atomic mass is 35.5. The van der Waals surface area contributed by atoms with E-state index in [9.17, 15) is 0 Å². The monoisotopic (exact) mass is 261 g/mol. The molecular formula is C14H16ClN3. The molecule has 2 aromatic rings. The van der Waals surface area contributed by atoms with Crippen LogP contribution in [-0.4, -0.2) is 22.6 Å². The van der Waals surface area contributed by atoms with Gasteiger partial charge in [-0.3, -0.25) is 0 Å². The number of hydrogen-bond donors (Lipinski definition) is 1. The van der Waals surface area contributed by atoms with Gasteiger partial charge in [-0.25, -0.2) is 4.98 Å². The molecule has 1 N–H and O–H groups in total. The summed E-state index contributed by atoms with van der Waals surface area (Å²) in [7, 11) is 0. The summed E-state index contributed by atoms with van der Waals surface area (Å²) in [6, 6.07) is 7.89. The molecule has 0 amide bonds. The maximum absolute atomic E-state index is 6.28. The van der Waals surface area contributed by atoms with E-state index in [-0.39, 0.29) is 5.41 Å². The summed E-state index contributed by atoms with van der Waals surface area (Å²) in [6.07, 6.45) is 4.93. The Balaban J connectivity index is 2.10. The van der Waals surface area contributed by atoms with E-state index in [2.05, 4.69) is 21.8 Å². The quantitative estimate of drug-likeness (QED) is 0.901. The third kappa shape index (κ3) is 1.84.